The lowest BCUT2D eigenvalue weighted by Crippen LogP contribution is -2.38. The molecule has 0 aromatic heterocycles. The van der Waals surface area contributed by atoms with Crippen molar-refractivity contribution in [3.05, 3.63) is 0 Å². The van der Waals surface area contributed by atoms with Gasteiger partial charge in [-0.25, -0.2) is 4.79 Å². The maximum absolute atomic E-state index is 11.7. The first-order valence-corrected chi connectivity index (χ1v) is 5.41. The molecule has 0 aliphatic carbocycles. The molecule has 94 valence electrons. The molecule has 0 atom stereocenters. The Labute approximate surface area is 93.6 Å². The molecular formula is C7H10F3NO4S. The van der Waals surface area contributed by atoms with Crippen molar-refractivity contribution in [1.29, 1.82) is 0 Å². The van der Waals surface area contributed by atoms with Gasteiger partial charge in [-0.3, -0.25) is 4.79 Å². The molecule has 0 aliphatic heterocycles. The van der Waals surface area contributed by atoms with Crippen LogP contribution < -0.4 is 5.32 Å². The Bertz CT molecular complexity index is 246. The van der Waals surface area contributed by atoms with Gasteiger partial charge in [-0.05, 0) is 6.26 Å². The smallest absolute Gasteiger partial charge is 0.432 e. The minimum absolute atomic E-state index is 0.0910. The van der Waals surface area contributed by atoms with Gasteiger partial charge in [0.1, 0.15) is 12.5 Å². The van der Waals surface area contributed by atoms with Gasteiger partial charge in [0.25, 0.3) is 0 Å². The second-order valence-corrected chi connectivity index (χ2v) is 3.22. The first kappa shape index (κ1) is 14.9. The van der Waals surface area contributed by atoms with Crippen LogP contribution in [0.4, 0.5) is 18.0 Å². The SMILES string of the molecule is CSCOC(=O)OCCNC(=O)C(F)(F)F. The fourth-order valence-corrected chi connectivity index (χ4v) is 0.762. The highest BCUT2D eigenvalue weighted by molar-refractivity contribution is 7.98. The van der Waals surface area contributed by atoms with Crippen LogP contribution in [-0.2, 0) is 14.3 Å². The molecule has 0 aliphatic rings. The van der Waals surface area contributed by atoms with Crippen LogP contribution in [0.3, 0.4) is 0 Å². The van der Waals surface area contributed by atoms with Crippen molar-refractivity contribution >= 4 is 23.8 Å². The Balaban J connectivity index is 3.54. The molecule has 0 radical (unpaired) electrons. The number of halogens is 3. The van der Waals surface area contributed by atoms with Crippen LogP contribution in [0.25, 0.3) is 0 Å². The number of carbonyl (C=O) groups excluding carboxylic acids is 2. The molecule has 0 heterocycles. The Morgan fingerprint density at radius 3 is 2.44 bits per heavy atom. The van der Waals surface area contributed by atoms with E-state index in [9.17, 15) is 22.8 Å². The molecule has 1 amide bonds. The fourth-order valence-electron chi connectivity index (χ4n) is 0.548. The van der Waals surface area contributed by atoms with Crippen molar-refractivity contribution in [2.75, 3.05) is 25.3 Å². The van der Waals surface area contributed by atoms with Gasteiger partial charge < -0.3 is 14.8 Å². The van der Waals surface area contributed by atoms with E-state index in [1.54, 1.807) is 6.26 Å². The van der Waals surface area contributed by atoms with E-state index in [4.69, 9.17) is 0 Å². The van der Waals surface area contributed by atoms with Gasteiger partial charge in [-0.1, -0.05) is 0 Å². The normalized spacial score (nSPS) is 10.8. The molecule has 16 heavy (non-hydrogen) atoms. The molecule has 9 heteroatoms. The van der Waals surface area contributed by atoms with Crippen LogP contribution in [0.15, 0.2) is 0 Å². The predicted octanol–water partition coefficient (Wildman–Crippen LogP) is 1.14. The summed E-state index contributed by atoms with van der Waals surface area (Å²) in [5, 5.41) is 1.53. The van der Waals surface area contributed by atoms with E-state index in [-0.39, 0.29) is 12.5 Å². The lowest BCUT2D eigenvalue weighted by molar-refractivity contribution is -0.173. The zero-order valence-electron chi connectivity index (χ0n) is 8.30. The van der Waals surface area contributed by atoms with Gasteiger partial charge in [0, 0.05) is 0 Å². The number of carbonyl (C=O) groups is 2. The van der Waals surface area contributed by atoms with E-state index in [2.05, 4.69) is 9.47 Å². The first-order valence-electron chi connectivity index (χ1n) is 4.01. The highest BCUT2D eigenvalue weighted by Gasteiger charge is 2.38. The molecule has 0 aromatic rings. The minimum Gasteiger partial charge on any atom is -0.432 e. The standard InChI is InChI=1S/C7H10F3NO4S/c1-16-4-15-6(13)14-3-2-11-5(12)7(8,9)10/h2-4H2,1H3,(H,11,12). The number of nitrogens with one attached hydrogen (secondary N) is 1. The molecule has 0 spiro atoms. The lowest BCUT2D eigenvalue weighted by atomic mass is 10.5. The number of ether oxygens (including phenoxy) is 2. The third kappa shape index (κ3) is 7.21. The Kier molecular flexibility index (Phi) is 6.70. The third-order valence-electron chi connectivity index (χ3n) is 1.16. The molecule has 0 saturated heterocycles. The van der Waals surface area contributed by atoms with E-state index in [0.29, 0.717) is 0 Å². The van der Waals surface area contributed by atoms with Crippen LogP contribution in [0.1, 0.15) is 0 Å². The number of alkyl halides is 3. The summed E-state index contributed by atoms with van der Waals surface area (Å²) in [6.45, 7) is -0.804. The zero-order valence-corrected chi connectivity index (χ0v) is 9.11. The predicted molar refractivity (Wildman–Crippen MR) is 49.9 cm³/mol. The Morgan fingerprint density at radius 1 is 1.31 bits per heavy atom. The molecular weight excluding hydrogens is 251 g/mol. The molecule has 0 unspecified atom stereocenters. The van der Waals surface area contributed by atoms with Crippen LogP contribution >= 0.6 is 11.8 Å². The molecule has 0 aromatic carbocycles. The molecule has 0 bridgehead atoms. The summed E-state index contributed by atoms with van der Waals surface area (Å²) in [5.74, 6) is -1.98. The van der Waals surface area contributed by atoms with Gasteiger partial charge in [0.15, 0.2) is 0 Å². The lowest BCUT2D eigenvalue weighted by Gasteiger charge is -2.08. The zero-order chi connectivity index (χ0) is 12.6. The summed E-state index contributed by atoms with van der Waals surface area (Å²) in [6.07, 6.45) is -4.23. The summed E-state index contributed by atoms with van der Waals surface area (Å²) in [5.41, 5.74) is 0. The summed E-state index contributed by atoms with van der Waals surface area (Å²) in [6, 6.07) is 0. The van der Waals surface area contributed by atoms with Gasteiger partial charge in [-0.2, -0.15) is 13.2 Å². The van der Waals surface area contributed by atoms with Crippen LogP contribution in [-0.4, -0.2) is 43.6 Å². The average Bonchev–Trinajstić information content (AvgIpc) is 2.19. The van der Waals surface area contributed by atoms with E-state index >= 15 is 0 Å². The summed E-state index contributed by atoms with van der Waals surface area (Å²) < 4.78 is 43.7. The number of amides is 1. The summed E-state index contributed by atoms with van der Waals surface area (Å²) in [7, 11) is 0. The maximum Gasteiger partial charge on any atom is 0.509 e. The Morgan fingerprint density at radius 2 is 1.94 bits per heavy atom. The van der Waals surface area contributed by atoms with Crippen molar-refractivity contribution in [2.45, 2.75) is 6.18 Å². The number of thioether (sulfide) groups is 1. The van der Waals surface area contributed by atoms with Crippen molar-refractivity contribution in [3.63, 3.8) is 0 Å². The van der Waals surface area contributed by atoms with E-state index in [1.165, 1.54) is 17.1 Å². The molecule has 1 N–H and O–H groups in total. The quantitative estimate of drug-likeness (QED) is 0.456. The van der Waals surface area contributed by atoms with Crippen LogP contribution in [0.2, 0.25) is 0 Å². The fraction of sp³-hybridized carbons (Fsp3) is 0.714. The van der Waals surface area contributed by atoms with E-state index in [1.807, 2.05) is 0 Å². The van der Waals surface area contributed by atoms with Gasteiger partial charge >= 0.3 is 18.2 Å². The highest BCUT2D eigenvalue weighted by Crippen LogP contribution is 2.13. The third-order valence-corrected chi connectivity index (χ3v) is 1.51. The van der Waals surface area contributed by atoms with Crippen LogP contribution in [0.5, 0.6) is 0 Å². The molecule has 0 saturated carbocycles. The second kappa shape index (κ2) is 7.20. The molecule has 0 rings (SSSR count). The van der Waals surface area contributed by atoms with E-state index in [0.717, 1.165) is 0 Å². The largest absolute Gasteiger partial charge is 0.509 e. The number of hydrogen-bond donors (Lipinski definition) is 1. The topological polar surface area (TPSA) is 64.6 Å². The van der Waals surface area contributed by atoms with Gasteiger partial charge in [-0.15, -0.1) is 11.8 Å². The Hall–Kier alpha value is -1.12. The molecule has 0 fully saturated rings. The number of rotatable bonds is 5. The van der Waals surface area contributed by atoms with Crippen molar-refractivity contribution in [2.24, 2.45) is 0 Å². The van der Waals surface area contributed by atoms with Gasteiger partial charge in [0.2, 0.25) is 0 Å². The highest BCUT2D eigenvalue weighted by atomic mass is 32.2. The second-order valence-electron chi connectivity index (χ2n) is 2.40. The number of hydrogen-bond acceptors (Lipinski definition) is 5. The first-order chi connectivity index (χ1) is 7.38. The van der Waals surface area contributed by atoms with Crippen molar-refractivity contribution in [3.8, 4) is 0 Å². The van der Waals surface area contributed by atoms with E-state index < -0.39 is 24.8 Å². The monoisotopic (exact) mass is 261 g/mol. The van der Waals surface area contributed by atoms with Crippen LogP contribution in [0, 0.1) is 0 Å². The summed E-state index contributed by atoms with van der Waals surface area (Å²) >= 11 is 1.24. The maximum atomic E-state index is 11.7. The van der Waals surface area contributed by atoms with Gasteiger partial charge in [0.05, 0.1) is 6.54 Å². The molecule has 5 nitrogen and oxygen atoms in total. The summed E-state index contributed by atoms with van der Waals surface area (Å²) in [4.78, 5) is 20.9. The minimum atomic E-state index is -4.93. The van der Waals surface area contributed by atoms with Crippen molar-refractivity contribution < 1.29 is 32.2 Å². The average molecular weight is 261 g/mol. The van der Waals surface area contributed by atoms with Crippen molar-refractivity contribution in [1.82, 2.24) is 5.32 Å².